The second-order valence-corrected chi connectivity index (χ2v) is 7.49. The van der Waals surface area contributed by atoms with Gasteiger partial charge in [-0.15, -0.1) is 11.3 Å². The maximum absolute atomic E-state index is 13.8. The molecule has 1 amide bonds. The predicted octanol–water partition coefficient (Wildman–Crippen LogP) is 4.97. The highest BCUT2D eigenvalue weighted by Crippen LogP contribution is 2.35. The summed E-state index contributed by atoms with van der Waals surface area (Å²) in [6.07, 6.45) is 1.72. The normalized spacial score (nSPS) is 16.0. The number of hydrogen-bond donors (Lipinski definition) is 1. The van der Waals surface area contributed by atoms with Crippen molar-refractivity contribution in [3.05, 3.63) is 70.5 Å². The summed E-state index contributed by atoms with van der Waals surface area (Å²) in [4.78, 5) is 18.2. The van der Waals surface area contributed by atoms with Crippen LogP contribution in [0.5, 0.6) is 0 Å². The molecule has 0 spiro atoms. The third-order valence-corrected chi connectivity index (χ3v) is 5.79. The molecule has 0 radical (unpaired) electrons. The number of amides is 1. The number of thiazole rings is 1. The number of halogens is 3. The van der Waals surface area contributed by atoms with Gasteiger partial charge in [0.1, 0.15) is 5.01 Å². The quantitative estimate of drug-likeness (QED) is 0.644. The summed E-state index contributed by atoms with van der Waals surface area (Å²) in [5.74, 6) is -5.03. The smallest absolute Gasteiger partial charge is 0.227 e. The monoisotopic (exact) mass is 388 g/mol. The van der Waals surface area contributed by atoms with Crippen molar-refractivity contribution in [3.63, 3.8) is 0 Å². The Bertz CT molecular complexity index is 1000. The van der Waals surface area contributed by atoms with Crippen LogP contribution in [0.15, 0.2) is 42.5 Å². The Labute approximate surface area is 157 Å². The van der Waals surface area contributed by atoms with Crippen LogP contribution in [0, 0.1) is 23.4 Å². The first-order valence-electron chi connectivity index (χ1n) is 8.51. The predicted molar refractivity (Wildman–Crippen MR) is 98.0 cm³/mol. The Morgan fingerprint density at radius 1 is 1.07 bits per heavy atom. The van der Waals surface area contributed by atoms with Crippen LogP contribution in [0.2, 0.25) is 0 Å². The molecule has 1 aliphatic carbocycles. The van der Waals surface area contributed by atoms with Gasteiger partial charge < -0.3 is 5.32 Å². The lowest BCUT2D eigenvalue weighted by atomic mass is 9.90. The molecule has 0 saturated heterocycles. The largest absolute Gasteiger partial charge is 0.323 e. The number of aryl methyl sites for hydroxylation is 1. The molecule has 2 aromatic carbocycles. The number of hydrogen-bond acceptors (Lipinski definition) is 3. The van der Waals surface area contributed by atoms with E-state index in [0.717, 1.165) is 33.3 Å². The van der Waals surface area contributed by atoms with Crippen LogP contribution < -0.4 is 5.32 Å². The number of rotatable bonds is 3. The minimum atomic E-state index is -1.59. The second kappa shape index (κ2) is 7.15. The molecule has 7 heteroatoms. The zero-order valence-corrected chi connectivity index (χ0v) is 15.0. The Balaban J connectivity index is 1.50. The molecule has 1 N–H and O–H groups in total. The molecule has 1 aliphatic rings. The van der Waals surface area contributed by atoms with Crippen molar-refractivity contribution in [3.8, 4) is 10.6 Å². The van der Waals surface area contributed by atoms with Gasteiger partial charge in [0.25, 0.3) is 0 Å². The van der Waals surface area contributed by atoms with Crippen molar-refractivity contribution in [1.82, 2.24) is 4.98 Å². The maximum atomic E-state index is 13.8. The summed E-state index contributed by atoms with van der Waals surface area (Å²) in [6, 6.07) is 11.6. The SMILES string of the molecule is O=C(Nc1ccc(F)c(F)c1F)C1CCc2nc(-c3ccccc3)sc2C1. The van der Waals surface area contributed by atoms with Gasteiger partial charge in [0, 0.05) is 16.4 Å². The van der Waals surface area contributed by atoms with Gasteiger partial charge in [-0.2, -0.15) is 0 Å². The molecule has 0 aliphatic heterocycles. The molecule has 0 bridgehead atoms. The summed E-state index contributed by atoms with van der Waals surface area (Å²) in [6.45, 7) is 0. The molecule has 1 unspecified atom stereocenters. The summed E-state index contributed by atoms with van der Waals surface area (Å²) < 4.78 is 40.1. The average molecular weight is 388 g/mol. The fraction of sp³-hybridized carbons (Fsp3) is 0.200. The molecular weight excluding hydrogens is 373 g/mol. The molecule has 1 atom stereocenters. The Kier molecular flexibility index (Phi) is 4.70. The number of carbonyl (C=O) groups excluding carboxylic acids is 1. The van der Waals surface area contributed by atoms with E-state index in [9.17, 15) is 18.0 Å². The summed E-state index contributed by atoms with van der Waals surface area (Å²) in [5, 5.41) is 3.29. The van der Waals surface area contributed by atoms with E-state index >= 15 is 0 Å². The van der Waals surface area contributed by atoms with Crippen LogP contribution in [0.3, 0.4) is 0 Å². The third kappa shape index (κ3) is 3.47. The van der Waals surface area contributed by atoms with E-state index in [4.69, 9.17) is 0 Å². The van der Waals surface area contributed by atoms with Crippen LogP contribution >= 0.6 is 11.3 Å². The van der Waals surface area contributed by atoms with E-state index in [2.05, 4.69) is 10.3 Å². The van der Waals surface area contributed by atoms with E-state index in [1.165, 1.54) is 0 Å². The van der Waals surface area contributed by atoms with E-state index in [1.54, 1.807) is 11.3 Å². The number of fused-ring (bicyclic) bond motifs is 1. The second-order valence-electron chi connectivity index (χ2n) is 6.41. The number of aromatic nitrogens is 1. The maximum Gasteiger partial charge on any atom is 0.227 e. The molecule has 3 nitrogen and oxygen atoms in total. The molecule has 3 aromatic rings. The lowest BCUT2D eigenvalue weighted by molar-refractivity contribution is -0.120. The van der Waals surface area contributed by atoms with Crippen molar-refractivity contribution in [2.45, 2.75) is 19.3 Å². The Morgan fingerprint density at radius 2 is 1.85 bits per heavy atom. The highest BCUT2D eigenvalue weighted by Gasteiger charge is 2.28. The number of benzene rings is 2. The fourth-order valence-electron chi connectivity index (χ4n) is 3.16. The van der Waals surface area contributed by atoms with E-state index in [1.807, 2.05) is 30.3 Å². The highest BCUT2D eigenvalue weighted by atomic mass is 32.1. The highest BCUT2D eigenvalue weighted by molar-refractivity contribution is 7.15. The first-order chi connectivity index (χ1) is 13.0. The van der Waals surface area contributed by atoms with E-state index in [-0.39, 0.29) is 11.6 Å². The molecular formula is C20H15F3N2OS. The first kappa shape index (κ1) is 17.7. The summed E-state index contributed by atoms with van der Waals surface area (Å²) >= 11 is 1.55. The van der Waals surface area contributed by atoms with Gasteiger partial charge in [-0.25, -0.2) is 18.2 Å². The van der Waals surface area contributed by atoms with Gasteiger partial charge in [-0.3, -0.25) is 4.79 Å². The molecule has 27 heavy (non-hydrogen) atoms. The van der Waals surface area contributed by atoms with Crippen molar-refractivity contribution < 1.29 is 18.0 Å². The number of carbonyl (C=O) groups is 1. The first-order valence-corrected chi connectivity index (χ1v) is 9.33. The van der Waals surface area contributed by atoms with Gasteiger partial charge >= 0.3 is 0 Å². The molecule has 4 rings (SSSR count). The van der Waals surface area contributed by atoms with Crippen LogP contribution in [-0.4, -0.2) is 10.9 Å². The van der Waals surface area contributed by atoms with E-state index < -0.39 is 23.4 Å². The van der Waals surface area contributed by atoms with Crippen molar-refractivity contribution in [1.29, 1.82) is 0 Å². The van der Waals surface area contributed by atoms with Gasteiger partial charge in [-0.05, 0) is 31.4 Å². The molecule has 0 fully saturated rings. The summed E-state index contributed by atoms with van der Waals surface area (Å²) in [7, 11) is 0. The molecule has 0 saturated carbocycles. The molecule has 1 aromatic heterocycles. The minimum absolute atomic E-state index is 0.348. The van der Waals surface area contributed by atoms with Crippen LogP contribution in [0.25, 0.3) is 10.6 Å². The van der Waals surface area contributed by atoms with Crippen LogP contribution in [0.1, 0.15) is 17.0 Å². The van der Waals surface area contributed by atoms with Crippen LogP contribution in [0.4, 0.5) is 18.9 Å². The van der Waals surface area contributed by atoms with E-state index in [0.29, 0.717) is 19.3 Å². The lowest BCUT2D eigenvalue weighted by Gasteiger charge is -2.20. The van der Waals surface area contributed by atoms with Gasteiger partial charge in [0.05, 0.1) is 11.4 Å². The Morgan fingerprint density at radius 3 is 2.63 bits per heavy atom. The molecule has 138 valence electrons. The van der Waals surface area contributed by atoms with Gasteiger partial charge in [0.2, 0.25) is 5.91 Å². The Hall–Kier alpha value is -2.67. The van der Waals surface area contributed by atoms with Crippen molar-refractivity contribution in [2.75, 3.05) is 5.32 Å². The topological polar surface area (TPSA) is 42.0 Å². The molecule has 1 heterocycles. The lowest BCUT2D eigenvalue weighted by Crippen LogP contribution is -2.28. The van der Waals surface area contributed by atoms with Gasteiger partial charge in [0.15, 0.2) is 17.5 Å². The van der Waals surface area contributed by atoms with Crippen LogP contribution in [-0.2, 0) is 17.6 Å². The third-order valence-electron chi connectivity index (χ3n) is 4.62. The fourth-order valence-corrected chi connectivity index (χ4v) is 4.35. The zero-order chi connectivity index (χ0) is 19.0. The number of nitrogens with one attached hydrogen (secondary N) is 1. The van der Waals surface area contributed by atoms with Crippen molar-refractivity contribution >= 4 is 22.9 Å². The summed E-state index contributed by atoms with van der Waals surface area (Å²) in [5.41, 5.74) is 1.67. The number of anilines is 1. The number of nitrogens with zero attached hydrogens (tertiary/aromatic N) is 1. The minimum Gasteiger partial charge on any atom is -0.323 e. The van der Waals surface area contributed by atoms with Crippen molar-refractivity contribution in [2.24, 2.45) is 5.92 Å². The van der Waals surface area contributed by atoms with Gasteiger partial charge in [-0.1, -0.05) is 30.3 Å². The zero-order valence-electron chi connectivity index (χ0n) is 14.1. The standard InChI is InChI=1S/C20H15F3N2OS/c21-13-7-9-15(18(23)17(13)22)24-19(26)12-6-8-14-16(10-12)27-20(25-14)11-4-2-1-3-5-11/h1-5,7,9,12H,6,8,10H2,(H,24,26). The average Bonchev–Trinajstić information content (AvgIpc) is 3.12.